The standard InChI is InChI=1S/C31H37FN4O4S/c1-24(2)34-17-7-18-36(31(38)25-13-15-33-16-14-25)29-12-11-27(32)22-26(29)23-35(20-19-34)30(37)10-6-21-41(39,40)28-8-4-3-5-9-28/h3-5,8-9,11-16,22,24H,6-7,10,17-21,23H2,1-2H3. The Labute approximate surface area is 241 Å². The zero-order valence-corrected chi connectivity index (χ0v) is 24.4. The first-order valence-electron chi connectivity index (χ1n) is 14.0. The van der Waals surface area contributed by atoms with Gasteiger partial charge in [-0.2, -0.15) is 0 Å². The number of pyridine rings is 1. The summed E-state index contributed by atoms with van der Waals surface area (Å²) >= 11 is 0. The van der Waals surface area contributed by atoms with E-state index < -0.39 is 15.7 Å². The topological polar surface area (TPSA) is 90.9 Å². The largest absolute Gasteiger partial charge is 0.337 e. The Balaban J connectivity index is 1.60. The summed E-state index contributed by atoms with van der Waals surface area (Å²) in [6.07, 6.45) is 4.02. The molecule has 10 heteroatoms. The van der Waals surface area contributed by atoms with Gasteiger partial charge in [-0.15, -0.1) is 0 Å². The number of halogens is 1. The molecule has 0 aliphatic carbocycles. The number of amides is 2. The molecule has 0 saturated heterocycles. The van der Waals surface area contributed by atoms with Gasteiger partial charge in [0.1, 0.15) is 5.82 Å². The summed E-state index contributed by atoms with van der Waals surface area (Å²) in [4.78, 5) is 37.0. The van der Waals surface area contributed by atoms with E-state index in [1.165, 1.54) is 12.1 Å². The fourth-order valence-corrected chi connectivity index (χ4v) is 6.38. The minimum atomic E-state index is -3.51. The van der Waals surface area contributed by atoms with Gasteiger partial charge in [0, 0.05) is 68.8 Å². The highest BCUT2D eigenvalue weighted by Gasteiger charge is 2.26. The van der Waals surface area contributed by atoms with Crippen molar-refractivity contribution < 1.29 is 22.4 Å². The third kappa shape index (κ3) is 7.98. The predicted octanol–water partition coefficient (Wildman–Crippen LogP) is 4.56. The second-order valence-corrected chi connectivity index (χ2v) is 12.6. The zero-order chi connectivity index (χ0) is 29.4. The van der Waals surface area contributed by atoms with E-state index in [9.17, 15) is 22.4 Å². The van der Waals surface area contributed by atoms with Gasteiger partial charge in [0.05, 0.1) is 10.6 Å². The zero-order valence-electron chi connectivity index (χ0n) is 23.6. The van der Waals surface area contributed by atoms with E-state index in [-0.39, 0.29) is 47.9 Å². The SMILES string of the molecule is CC(C)N1CCCN(C(=O)c2ccncc2)c2ccc(F)cc2CN(C(=O)CCCS(=O)(=O)c2ccccc2)CC1. The van der Waals surface area contributed by atoms with E-state index in [1.54, 1.807) is 70.7 Å². The highest BCUT2D eigenvalue weighted by Crippen LogP contribution is 2.27. The van der Waals surface area contributed by atoms with Crippen molar-refractivity contribution in [1.82, 2.24) is 14.8 Å². The highest BCUT2D eigenvalue weighted by atomic mass is 32.2. The van der Waals surface area contributed by atoms with Crippen molar-refractivity contribution in [3.63, 3.8) is 0 Å². The van der Waals surface area contributed by atoms with Gasteiger partial charge in [-0.05, 0) is 74.7 Å². The molecule has 0 N–H and O–H groups in total. The van der Waals surface area contributed by atoms with Gasteiger partial charge in [-0.25, -0.2) is 12.8 Å². The summed E-state index contributed by atoms with van der Waals surface area (Å²) < 4.78 is 40.0. The Hall–Kier alpha value is -3.63. The van der Waals surface area contributed by atoms with Gasteiger partial charge < -0.3 is 9.80 Å². The number of anilines is 1. The van der Waals surface area contributed by atoms with Gasteiger partial charge in [0.2, 0.25) is 5.91 Å². The quantitative estimate of drug-likeness (QED) is 0.407. The van der Waals surface area contributed by atoms with E-state index in [2.05, 4.69) is 23.7 Å². The summed E-state index contributed by atoms with van der Waals surface area (Å²) in [5.41, 5.74) is 1.55. The van der Waals surface area contributed by atoms with Crippen LogP contribution < -0.4 is 4.90 Å². The summed E-state index contributed by atoms with van der Waals surface area (Å²) in [6, 6.07) is 16.0. The van der Waals surface area contributed by atoms with Crippen molar-refractivity contribution in [2.45, 2.75) is 50.6 Å². The molecule has 1 aliphatic rings. The number of carbonyl (C=O) groups excluding carboxylic acids is 2. The van der Waals surface area contributed by atoms with E-state index in [0.29, 0.717) is 49.4 Å². The van der Waals surface area contributed by atoms with E-state index in [0.717, 1.165) is 0 Å². The van der Waals surface area contributed by atoms with Crippen molar-refractivity contribution in [3.8, 4) is 0 Å². The molecule has 41 heavy (non-hydrogen) atoms. The number of hydrogen-bond donors (Lipinski definition) is 0. The Bertz CT molecular complexity index is 1430. The van der Waals surface area contributed by atoms with Crippen LogP contribution in [-0.2, 0) is 21.2 Å². The highest BCUT2D eigenvalue weighted by molar-refractivity contribution is 7.91. The lowest BCUT2D eigenvalue weighted by atomic mass is 10.1. The van der Waals surface area contributed by atoms with Gasteiger partial charge in [-0.1, -0.05) is 18.2 Å². The average Bonchev–Trinajstić information content (AvgIpc) is 3.00. The molecule has 0 radical (unpaired) electrons. The lowest BCUT2D eigenvalue weighted by Crippen LogP contribution is -2.41. The average molecular weight is 581 g/mol. The maximum Gasteiger partial charge on any atom is 0.258 e. The number of aromatic nitrogens is 1. The van der Waals surface area contributed by atoms with Crippen LogP contribution in [0.25, 0.3) is 0 Å². The van der Waals surface area contributed by atoms with Crippen molar-refractivity contribution in [3.05, 3.63) is 90.0 Å². The van der Waals surface area contributed by atoms with Crippen LogP contribution in [0.2, 0.25) is 0 Å². The Morgan fingerprint density at radius 1 is 0.951 bits per heavy atom. The molecule has 218 valence electrons. The van der Waals surface area contributed by atoms with Crippen molar-refractivity contribution in [1.29, 1.82) is 0 Å². The fraction of sp³-hybridized carbons (Fsp3) is 0.387. The number of benzene rings is 2. The summed E-state index contributed by atoms with van der Waals surface area (Å²) in [5, 5.41) is 0. The molecule has 0 bridgehead atoms. The van der Waals surface area contributed by atoms with Crippen LogP contribution in [0.15, 0.2) is 78.0 Å². The van der Waals surface area contributed by atoms with Gasteiger partial charge >= 0.3 is 0 Å². The molecule has 0 atom stereocenters. The first-order valence-corrected chi connectivity index (χ1v) is 15.6. The summed E-state index contributed by atoms with van der Waals surface area (Å²) in [5.74, 6) is -1.04. The second kappa shape index (κ2) is 13.8. The van der Waals surface area contributed by atoms with Gasteiger partial charge in [-0.3, -0.25) is 19.5 Å². The molecule has 1 aliphatic heterocycles. The molecule has 4 rings (SSSR count). The molecule has 2 amide bonds. The van der Waals surface area contributed by atoms with Crippen LogP contribution in [0.4, 0.5) is 10.1 Å². The third-order valence-corrected chi connectivity index (χ3v) is 9.16. The van der Waals surface area contributed by atoms with Gasteiger partial charge in [0.25, 0.3) is 5.91 Å². The molecule has 0 unspecified atom stereocenters. The maximum absolute atomic E-state index is 14.5. The molecule has 2 heterocycles. The molecule has 8 nitrogen and oxygen atoms in total. The minimum Gasteiger partial charge on any atom is -0.337 e. The Morgan fingerprint density at radius 2 is 1.68 bits per heavy atom. The molecule has 3 aromatic rings. The smallest absolute Gasteiger partial charge is 0.258 e. The lowest BCUT2D eigenvalue weighted by molar-refractivity contribution is -0.132. The molecular weight excluding hydrogens is 543 g/mol. The van der Waals surface area contributed by atoms with E-state index in [4.69, 9.17) is 0 Å². The van der Waals surface area contributed by atoms with E-state index in [1.807, 2.05) is 0 Å². The molecule has 0 fully saturated rings. The van der Waals surface area contributed by atoms with Crippen LogP contribution in [0.1, 0.15) is 49.0 Å². The van der Waals surface area contributed by atoms with Crippen molar-refractivity contribution in [2.75, 3.05) is 36.8 Å². The first kappa shape index (κ1) is 30.3. The number of carbonyl (C=O) groups is 2. The lowest BCUT2D eigenvalue weighted by Gasteiger charge is -2.30. The van der Waals surface area contributed by atoms with Crippen molar-refractivity contribution in [2.24, 2.45) is 0 Å². The third-order valence-electron chi connectivity index (χ3n) is 7.34. The number of sulfone groups is 1. The molecule has 0 spiro atoms. The molecular formula is C31H37FN4O4S. The Kier molecular flexibility index (Phi) is 10.2. The second-order valence-electron chi connectivity index (χ2n) is 10.5. The normalized spacial score (nSPS) is 15.3. The first-order chi connectivity index (χ1) is 19.7. The summed E-state index contributed by atoms with van der Waals surface area (Å²) in [7, 11) is -3.51. The number of rotatable bonds is 7. The van der Waals surface area contributed by atoms with Crippen LogP contribution in [0.3, 0.4) is 0 Å². The maximum atomic E-state index is 14.5. The molecule has 1 aromatic heterocycles. The summed E-state index contributed by atoms with van der Waals surface area (Å²) in [6.45, 7) is 6.42. The monoisotopic (exact) mass is 580 g/mol. The molecule has 2 aromatic carbocycles. The van der Waals surface area contributed by atoms with Crippen molar-refractivity contribution >= 4 is 27.3 Å². The predicted molar refractivity (Wildman–Crippen MR) is 157 cm³/mol. The Morgan fingerprint density at radius 3 is 2.39 bits per heavy atom. The van der Waals surface area contributed by atoms with Crippen LogP contribution >= 0.6 is 0 Å². The van der Waals surface area contributed by atoms with Gasteiger partial charge in [0.15, 0.2) is 9.84 Å². The number of hydrogen-bond acceptors (Lipinski definition) is 6. The number of fused-ring (bicyclic) bond motifs is 1. The molecule has 0 saturated carbocycles. The fourth-order valence-electron chi connectivity index (χ4n) is 5.05. The minimum absolute atomic E-state index is 0.0397. The number of nitrogens with zero attached hydrogens (tertiary/aromatic N) is 4. The van der Waals surface area contributed by atoms with Crippen LogP contribution in [-0.4, -0.2) is 73.0 Å². The van der Waals surface area contributed by atoms with Crippen LogP contribution in [0, 0.1) is 5.82 Å². The van der Waals surface area contributed by atoms with E-state index >= 15 is 0 Å². The van der Waals surface area contributed by atoms with Crippen LogP contribution in [0.5, 0.6) is 0 Å².